The number of benzene rings is 1. The fraction of sp³-hybridized carbons (Fsp3) is 0.300. The topological polar surface area (TPSA) is 100 Å². The average Bonchev–Trinajstić information content (AvgIpc) is 2.39. The highest BCUT2D eigenvalue weighted by Crippen LogP contribution is 2.29. The number of rotatable bonds is 4. The van der Waals surface area contributed by atoms with E-state index < -0.39 is 0 Å². The van der Waals surface area contributed by atoms with Crippen LogP contribution in [0, 0.1) is 5.82 Å². The summed E-state index contributed by atoms with van der Waals surface area (Å²) < 4.78 is 13.2. The van der Waals surface area contributed by atoms with E-state index in [1.54, 1.807) is 19.4 Å². The lowest BCUT2D eigenvalue weighted by Crippen LogP contribution is -1.99. The maximum Gasteiger partial charge on any atom is 0.254 e. The Balaban J connectivity index is 0.000000494. The van der Waals surface area contributed by atoms with Crippen LogP contribution in [0.3, 0.4) is 0 Å². The second kappa shape index (κ2) is 9.37. The van der Waals surface area contributed by atoms with Crippen molar-refractivity contribution in [3.05, 3.63) is 23.5 Å². The number of nitrogens with two attached hydrogens (primary N) is 1. The minimum Gasteiger partial charge on any atom is -0.392 e. The molecule has 100 valence electrons. The van der Waals surface area contributed by atoms with Crippen LogP contribution in [0.5, 0.6) is 0 Å². The summed E-state index contributed by atoms with van der Waals surface area (Å²) >= 11 is 1.30. The highest BCUT2D eigenvalue weighted by Gasteiger charge is 2.10. The fourth-order valence-electron chi connectivity index (χ4n) is 1.24. The number of nitrogens with zero attached hydrogens (tertiary/aromatic N) is 2. The van der Waals surface area contributed by atoms with Crippen molar-refractivity contribution in [1.82, 2.24) is 0 Å². The number of aliphatic hydroxyl groups excluding tert-OH is 1. The Morgan fingerprint density at radius 3 is 2.61 bits per heavy atom. The summed E-state index contributed by atoms with van der Waals surface area (Å²) in [6.45, 7) is -0.149. The van der Waals surface area contributed by atoms with Gasteiger partial charge in [-0.05, 0) is 18.4 Å². The normalized spacial score (nSPS) is 9.78. The Labute approximate surface area is 108 Å². The molecule has 1 amide bonds. The number of anilines is 1. The van der Waals surface area contributed by atoms with Gasteiger partial charge in [0.1, 0.15) is 5.82 Å². The summed E-state index contributed by atoms with van der Waals surface area (Å²) in [5, 5.41) is 17.3. The molecule has 6 nitrogen and oxygen atoms in total. The predicted molar refractivity (Wildman–Crippen MR) is 68.8 cm³/mol. The monoisotopic (exact) mass is 274 g/mol. The van der Waals surface area contributed by atoms with Gasteiger partial charge in [-0.3, -0.25) is 4.79 Å². The van der Waals surface area contributed by atoms with Crippen LogP contribution < -0.4 is 11.2 Å². The molecule has 0 saturated heterocycles. The first kappa shape index (κ1) is 16.3. The maximum absolute atomic E-state index is 13.2. The SMILES string of the molecule is CNc1ccc(F)c(SC)c1CO.NN=NC=O. The number of carbonyl (C=O) groups is 1. The second-order valence-corrected chi connectivity index (χ2v) is 3.67. The first-order chi connectivity index (χ1) is 8.65. The standard InChI is InChI=1S/C9H12FNOS.CH3N3O/c1-11-8-4-3-7(10)9(13-2)6(8)5-12;2-4-3-1-5/h3-4,11-12H,5H2,1-2H3;1H,(H2,2,3,5). The number of amides is 1. The molecule has 0 aliphatic rings. The average molecular weight is 274 g/mol. The molecule has 0 fully saturated rings. The molecule has 1 aromatic rings. The third kappa shape index (κ3) is 4.68. The molecule has 0 heterocycles. The number of thioether (sulfide) groups is 1. The Kier molecular flexibility index (Phi) is 8.50. The molecule has 0 atom stereocenters. The predicted octanol–water partition coefficient (Wildman–Crippen LogP) is 1.55. The Morgan fingerprint density at radius 1 is 1.61 bits per heavy atom. The summed E-state index contributed by atoms with van der Waals surface area (Å²) in [5.74, 6) is 4.08. The molecule has 1 aromatic carbocycles. The smallest absolute Gasteiger partial charge is 0.254 e. The minimum absolute atomic E-state index is 0.149. The van der Waals surface area contributed by atoms with Gasteiger partial charge in [-0.25, -0.2) is 4.39 Å². The molecule has 0 aliphatic heterocycles. The van der Waals surface area contributed by atoms with Gasteiger partial charge in [0.05, 0.1) is 11.5 Å². The molecule has 8 heteroatoms. The minimum atomic E-state index is -0.282. The van der Waals surface area contributed by atoms with Crippen LogP contribution in [0.15, 0.2) is 27.4 Å². The Bertz CT molecular complexity index is 415. The number of nitrogens with one attached hydrogen (secondary N) is 1. The molecule has 0 aromatic heterocycles. The van der Waals surface area contributed by atoms with Crippen LogP contribution in [-0.2, 0) is 11.4 Å². The van der Waals surface area contributed by atoms with Gasteiger partial charge < -0.3 is 16.3 Å². The van der Waals surface area contributed by atoms with E-state index in [1.165, 1.54) is 17.8 Å². The molecule has 0 unspecified atom stereocenters. The van der Waals surface area contributed by atoms with Crippen LogP contribution >= 0.6 is 11.8 Å². The highest BCUT2D eigenvalue weighted by atomic mass is 32.2. The molecule has 4 N–H and O–H groups in total. The molecule has 0 bridgehead atoms. The number of aliphatic hydroxyl groups is 1. The quantitative estimate of drug-likeness (QED) is 0.254. The van der Waals surface area contributed by atoms with E-state index in [9.17, 15) is 4.39 Å². The van der Waals surface area contributed by atoms with E-state index in [-0.39, 0.29) is 18.8 Å². The van der Waals surface area contributed by atoms with E-state index in [1.807, 2.05) is 0 Å². The van der Waals surface area contributed by atoms with E-state index in [0.29, 0.717) is 10.5 Å². The van der Waals surface area contributed by atoms with Crippen molar-refractivity contribution in [3.8, 4) is 0 Å². The number of hydrogen-bond donors (Lipinski definition) is 3. The molecule has 0 radical (unpaired) electrons. The lowest BCUT2D eigenvalue weighted by atomic mass is 10.2. The number of halogens is 1. The van der Waals surface area contributed by atoms with Gasteiger partial charge in [0.2, 0.25) is 0 Å². The van der Waals surface area contributed by atoms with Crippen LogP contribution in [0.25, 0.3) is 0 Å². The van der Waals surface area contributed by atoms with E-state index in [0.717, 1.165) is 5.69 Å². The first-order valence-electron chi connectivity index (χ1n) is 4.83. The molecule has 0 spiro atoms. The third-order valence-corrected chi connectivity index (χ3v) is 2.81. The van der Waals surface area contributed by atoms with Crippen LogP contribution in [0.1, 0.15) is 5.56 Å². The van der Waals surface area contributed by atoms with Crippen molar-refractivity contribution >= 4 is 23.9 Å². The molecule has 1 rings (SSSR count). The molecular formula is C10H15FN4O2S. The van der Waals surface area contributed by atoms with E-state index >= 15 is 0 Å². The van der Waals surface area contributed by atoms with Crippen LogP contribution in [0.4, 0.5) is 10.1 Å². The van der Waals surface area contributed by atoms with Gasteiger partial charge in [0, 0.05) is 18.3 Å². The van der Waals surface area contributed by atoms with Crippen molar-refractivity contribution < 1.29 is 14.3 Å². The summed E-state index contributed by atoms with van der Waals surface area (Å²) in [4.78, 5) is 9.57. The summed E-state index contributed by atoms with van der Waals surface area (Å²) in [6, 6.07) is 3.03. The fourth-order valence-corrected chi connectivity index (χ4v) is 1.92. The summed E-state index contributed by atoms with van der Waals surface area (Å²) in [5.41, 5.74) is 1.39. The van der Waals surface area contributed by atoms with Gasteiger partial charge in [-0.2, -0.15) is 0 Å². The van der Waals surface area contributed by atoms with Crippen LogP contribution in [0.2, 0.25) is 0 Å². The summed E-state index contributed by atoms with van der Waals surface area (Å²) in [7, 11) is 1.75. The van der Waals surface area contributed by atoms with Gasteiger partial charge in [0.15, 0.2) is 0 Å². The Morgan fingerprint density at radius 2 is 2.28 bits per heavy atom. The largest absolute Gasteiger partial charge is 0.392 e. The van der Waals surface area contributed by atoms with Crippen molar-refractivity contribution in [2.24, 2.45) is 16.2 Å². The molecular weight excluding hydrogens is 259 g/mol. The van der Waals surface area contributed by atoms with Crippen molar-refractivity contribution in [2.45, 2.75) is 11.5 Å². The number of hydrogen-bond acceptors (Lipinski definition) is 5. The zero-order valence-corrected chi connectivity index (χ0v) is 10.9. The summed E-state index contributed by atoms with van der Waals surface area (Å²) in [6.07, 6.45) is 2.05. The molecule has 0 saturated carbocycles. The molecule has 18 heavy (non-hydrogen) atoms. The zero-order chi connectivity index (χ0) is 14.0. The second-order valence-electron chi connectivity index (χ2n) is 2.85. The Hall–Kier alpha value is -1.67. The lowest BCUT2D eigenvalue weighted by molar-refractivity contribution is -0.107. The van der Waals surface area contributed by atoms with Gasteiger partial charge in [-0.15, -0.1) is 11.8 Å². The highest BCUT2D eigenvalue weighted by molar-refractivity contribution is 7.98. The molecule has 0 aliphatic carbocycles. The van der Waals surface area contributed by atoms with Gasteiger partial charge in [0.25, 0.3) is 6.41 Å². The van der Waals surface area contributed by atoms with E-state index in [2.05, 4.69) is 21.5 Å². The van der Waals surface area contributed by atoms with Crippen molar-refractivity contribution in [3.63, 3.8) is 0 Å². The van der Waals surface area contributed by atoms with Crippen molar-refractivity contribution in [1.29, 1.82) is 0 Å². The third-order valence-electron chi connectivity index (χ3n) is 1.96. The lowest BCUT2D eigenvalue weighted by Gasteiger charge is -2.11. The van der Waals surface area contributed by atoms with Gasteiger partial charge >= 0.3 is 0 Å². The van der Waals surface area contributed by atoms with Gasteiger partial charge in [-0.1, -0.05) is 10.3 Å². The van der Waals surface area contributed by atoms with Crippen LogP contribution in [-0.4, -0.2) is 24.8 Å². The van der Waals surface area contributed by atoms with Crippen molar-refractivity contribution in [2.75, 3.05) is 18.6 Å². The first-order valence-corrected chi connectivity index (χ1v) is 6.06. The zero-order valence-electron chi connectivity index (χ0n) is 10.1. The maximum atomic E-state index is 13.2. The number of carbonyl (C=O) groups excluding carboxylic acids is 1. The van der Waals surface area contributed by atoms with E-state index in [4.69, 9.17) is 9.90 Å².